The van der Waals surface area contributed by atoms with Crippen LogP contribution in [0.5, 0.6) is 5.75 Å². The van der Waals surface area contributed by atoms with Crippen LogP contribution in [0.4, 0.5) is 10.9 Å². The second-order valence-corrected chi connectivity index (χ2v) is 9.57. The van der Waals surface area contributed by atoms with Gasteiger partial charge in [0.15, 0.2) is 5.13 Å². The van der Waals surface area contributed by atoms with Gasteiger partial charge < -0.3 is 15.0 Å². The van der Waals surface area contributed by atoms with Crippen molar-refractivity contribution in [3.63, 3.8) is 0 Å². The number of hydrogen-bond acceptors (Lipinski definition) is 8. The minimum Gasteiger partial charge on any atom is -0.494 e. The monoisotopic (exact) mass is 510 g/mol. The zero-order valence-corrected chi connectivity index (χ0v) is 21.1. The lowest BCUT2D eigenvalue weighted by Gasteiger charge is -2.21. The number of pyridine rings is 1. The minimum absolute atomic E-state index is 0.138. The van der Waals surface area contributed by atoms with Gasteiger partial charge in [0, 0.05) is 24.0 Å². The molecule has 0 bridgehead atoms. The van der Waals surface area contributed by atoms with Crippen LogP contribution in [-0.4, -0.2) is 59.0 Å². The Hall–Kier alpha value is -3.19. The average molecular weight is 511 g/mol. The normalized spacial score (nSPS) is 15.5. The van der Waals surface area contributed by atoms with E-state index >= 15 is 0 Å². The SMILES string of the molecule is CN(CCCOc1ccc(Cl)cc1)C(=O)c1csc(Nc2cccc([C@H]3CCCN3CC#N)n2)n1. The average Bonchev–Trinajstić information content (AvgIpc) is 3.52. The summed E-state index contributed by atoms with van der Waals surface area (Å²) in [4.78, 5) is 25.8. The number of rotatable bonds is 10. The van der Waals surface area contributed by atoms with E-state index in [1.807, 2.05) is 30.3 Å². The van der Waals surface area contributed by atoms with E-state index < -0.39 is 0 Å². The molecule has 0 unspecified atom stereocenters. The number of likely N-dealkylation sites (tertiary alicyclic amines) is 1. The first-order valence-electron chi connectivity index (χ1n) is 11.5. The second kappa shape index (κ2) is 12.0. The summed E-state index contributed by atoms with van der Waals surface area (Å²) in [5.41, 5.74) is 1.34. The van der Waals surface area contributed by atoms with E-state index in [1.165, 1.54) is 11.3 Å². The summed E-state index contributed by atoms with van der Waals surface area (Å²) in [6.45, 7) is 2.37. The molecule has 4 rings (SSSR count). The number of anilines is 2. The van der Waals surface area contributed by atoms with Gasteiger partial charge in [0.1, 0.15) is 17.3 Å². The molecule has 1 fully saturated rings. The molecule has 0 spiro atoms. The number of hydrogen-bond donors (Lipinski definition) is 1. The maximum absolute atomic E-state index is 12.8. The smallest absolute Gasteiger partial charge is 0.273 e. The third-order valence-electron chi connectivity index (χ3n) is 5.77. The standard InChI is InChI=1S/C25H27ClN6O2S/c1-31(13-4-16-34-19-10-8-18(26)9-11-19)24(33)21-17-35-25(29-21)30-23-7-2-5-20(28-23)22-6-3-14-32(22)15-12-27/h2,5,7-11,17,22H,3-4,6,13-16H2,1H3,(H,28,29,30)/t22-/m1/s1. The number of carbonyl (C=O) groups is 1. The highest BCUT2D eigenvalue weighted by Crippen LogP contribution is 2.31. The Balaban J connectivity index is 1.29. The van der Waals surface area contributed by atoms with E-state index in [0.717, 1.165) is 30.8 Å². The summed E-state index contributed by atoms with van der Waals surface area (Å²) in [6.07, 6.45) is 2.75. The van der Waals surface area contributed by atoms with Crippen LogP contribution in [0.2, 0.25) is 5.02 Å². The number of carbonyl (C=O) groups excluding carboxylic acids is 1. The molecular formula is C25H27ClN6O2S. The molecular weight excluding hydrogens is 484 g/mol. The number of aromatic nitrogens is 2. The summed E-state index contributed by atoms with van der Waals surface area (Å²) < 4.78 is 5.69. The number of thiazole rings is 1. The first kappa shape index (κ1) is 24.9. The first-order chi connectivity index (χ1) is 17.0. The van der Waals surface area contributed by atoms with E-state index in [4.69, 9.17) is 26.6 Å². The fraction of sp³-hybridized carbons (Fsp3) is 0.360. The van der Waals surface area contributed by atoms with E-state index in [1.54, 1.807) is 29.5 Å². The molecule has 8 nitrogen and oxygen atoms in total. The Morgan fingerprint density at radius 1 is 1.31 bits per heavy atom. The lowest BCUT2D eigenvalue weighted by atomic mass is 10.1. The number of halogens is 1. The molecule has 0 aliphatic carbocycles. The van der Waals surface area contributed by atoms with Crippen LogP contribution in [0, 0.1) is 11.3 Å². The van der Waals surface area contributed by atoms with Gasteiger partial charge in [-0.3, -0.25) is 9.69 Å². The van der Waals surface area contributed by atoms with Gasteiger partial charge in [-0.25, -0.2) is 9.97 Å². The van der Waals surface area contributed by atoms with E-state index in [0.29, 0.717) is 47.8 Å². The summed E-state index contributed by atoms with van der Waals surface area (Å²) >= 11 is 7.24. The Bertz CT molecular complexity index is 1180. The largest absolute Gasteiger partial charge is 0.494 e. The molecule has 1 aromatic carbocycles. The maximum atomic E-state index is 12.8. The second-order valence-electron chi connectivity index (χ2n) is 8.28. The van der Waals surface area contributed by atoms with Crippen LogP contribution >= 0.6 is 22.9 Å². The topological polar surface area (TPSA) is 94.4 Å². The highest BCUT2D eigenvalue weighted by Gasteiger charge is 2.26. The highest BCUT2D eigenvalue weighted by atomic mass is 35.5. The van der Waals surface area contributed by atoms with Crippen molar-refractivity contribution in [2.75, 3.05) is 38.6 Å². The van der Waals surface area contributed by atoms with Crippen molar-refractivity contribution < 1.29 is 9.53 Å². The van der Waals surface area contributed by atoms with Gasteiger partial charge in [0.25, 0.3) is 5.91 Å². The van der Waals surface area contributed by atoms with Crippen molar-refractivity contribution in [2.45, 2.75) is 25.3 Å². The third-order valence-corrected chi connectivity index (χ3v) is 6.78. The number of amides is 1. The molecule has 35 heavy (non-hydrogen) atoms. The van der Waals surface area contributed by atoms with Crippen LogP contribution in [0.1, 0.15) is 41.5 Å². The molecule has 1 N–H and O–H groups in total. The van der Waals surface area contributed by atoms with Crippen LogP contribution in [-0.2, 0) is 0 Å². The van der Waals surface area contributed by atoms with Gasteiger partial charge in [-0.15, -0.1) is 11.3 Å². The quantitative estimate of drug-likeness (QED) is 0.298. The predicted octanol–water partition coefficient (Wildman–Crippen LogP) is 5.14. The summed E-state index contributed by atoms with van der Waals surface area (Å²) in [5, 5.41) is 15.3. The van der Waals surface area contributed by atoms with Gasteiger partial charge in [-0.05, 0) is 62.2 Å². The van der Waals surface area contributed by atoms with E-state index in [-0.39, 0.29) is 11.9 Å². The van der Waals surface area contributed by atoms with Crippen LogP contribution in [0.15, 0.2) is 47.8 Å². The number of ether oxygens (including phenoxy) is 1. The van der Waals surface area contributed by atoms with Crippen molar-refractivity contribution >= 4 is 39.8 Å². The third kappa shape index (κ3) is 6.69. The summed E-state index contributed by atoms with van der Waals surface area (Å²) in [5.74, 6) is 1.29. The number of nitrogens with zero attached hydrogens (tertiary/aromatic N) is 5. The number of nitrogens with one attached hydrogen (secondary N) is 1. The molecule has 0 saturated carbocycles. The highest BCUT2D eigenvalue weighted by molar-refractivity contribution is 7.14. The fourth-order valence-corrected chi connectivity index (χ4v) is 4.82. The first-order valence-corrected chi connectivity index (χ1v) is 12.7. The summed E-state index contributed by atoms with van der Waals surface area (Å²) in [7, 11) is 1.76. The lowest BCUT2D eigenvalue weighted by molar-refractivity contribution is 0.0783. The molecule has 1 aliphatic heterocycles. The van der Waals surface area contributed by atoms with Gasteiger partial charge in [-0.1, -0.05) is 17.7 Å². The fourth-order valence-electron chi connectivity index (χ4n) is 4.01. The predicted molar refractivity (Wildman–Crippen MR) is 137 cm³/mol. The molecule has 0 radical (unpaired) electrons. The zero-order chi connectivity index (χ0) is 24.6. The lowest BCUT2D eigenvalue weighted by Crippen LogP contribution is -2.28. The maximum Gasteiger partial charge on any atom is 0.273 e. The zero-order valence-electron chi connectivity index (χ0n) is 19.5. The molecule has 3 aromatic rings. The van der Waals surface area contributed by atoms with Crippen molar-refractivity contribution in [2.24, 2.45) is 0 Å². The molecule has 10 heteroatoms. The number of benzene rings is 1. The minimum atomic E-state index is -0.138. The summed E-state index contributed by atoms with van der Waals surface area (Å²) in [6, 6.07) is 15.4. The molecule has 1 amide bonds. The molecule has 3 heterocycles. The van der Waals surface area contributed by atoms with Gasteiger partial charge in [0.05, 0.1) is 31.0 Å². The number of nitriles is 1. The molecule has 182 valence electrons. The van der Waals surface area contributed by atoms with Crippen molar-refractivity contribution in [3.05, 3.63) is 64.3 Å². The molecule has 1 atom stereocenters. The molecule has 2 aromatic heterocycles. The molecule has 1 aliphatic rings. The Kier molecular flexibility index (Phi) is 8.53. The van der Waals surface area contributed by atoms with Crippen LogP contribution in [0.25, 0.3) is 0 Å². The van der Waals surface area contributed by atoms with Crippen molar-refractivity contribution in [1.82, 2.24) is 19.8 Å². The van der Waals surface area contributed by atoms with Gasteiger partial charge >= 0.3 is 0 Å². The van der Waals surface area contributed by atoms with Gasteiger partial charge in [0.2, 0.25) is 0 Å². The Labute approximate surface area is 214 Å². The van der Waals surface area contributed by atoms with E-state index in [9.17, 15) is 4.79 Å². The van der Waals surface area contributed by atoms with Crippen molar-refractivity contribution in [1.29, 1.82) is 5.26 Å². The van der Waals surface area contributed by atoms with Gasteiger partial charge in [-0.2, -0.15) is 5.26 Å². The van der Waals surface area contributed by atoms with E-state index in [2.05, 4.69) is 21.3 Å². The Morgan fingerprint density at radius 3 is 2.94 bits per heavy atom. The van der Waals surface area contributed by atoms with Crippen molar-refractivity contribution in [3.8, 4) is 11.8 Å². The Morgan fingerprint density at radius 2 is 2.14 bits per heavy atom. The van der Waals surface area contributed by atoms with Crippen LogP contribution < -0.4 is 10.1 Å². The molecule has 1 saturated heterocycles. The van der Waals surface area contributed by atoms with Crippen LogP contribution in [0.3, 0.4) is 0 Å².